The fourth-order valence-electron chi connectivity index (χ4n) is 2.30. The minimum atomic E-state index is -0.415. The van der Waals surface area contributed by atoms with Crippen molar-refractivity contribution in [1.82, 2.24) is 31.2 Å². The molecule has 0 fully saturated rings. The smallest absolute Gasteiger partial charge is 0.269 e. The van der Waals surface area contributed by atoms with Gasteiger partial charge in [0, 0.05) is 27.2 Å². The summed E-state index contributed by atoms with van der Waals surface area (Å²) < 4.78 is 0. The lowest BCUT2D eigenvalue weighted by atomic mass is 10.2. The maximum Gasteiger partial charge on any atom is 0.269 e. The molecule has 0 aliphatic carbocycles. The van der Waals surface area contributed by atoms with Gasteiger partial charge in [-0.2, -0.15) is 0 Å². The van der Waals surface area contributed by atoms with Crippen LogP contribution < -0.4 is 21.3 Å². The van der Waals surface area contributed by atoms with Crippen molar-refractivity contribution in [2.75, 3.05) is 27.2 Å². The lowest BCUT2D eigenvalue weighted by Crippen LogP contribution is -2.31. The lowest BCUT2D eigenvalue weighted by molar-refractivity contribution is 0.0938. The fraction of sp³-hybridized carbons (Fsp3) is 0.263. The number of carbonyl (C=O) groups excluding carboxylic acids is 4. The molecule has 2 aromatic heterocycles. The third kappa shape index (κ3) is 6.09. The Morgan fingerprint density at radius 2 is 1.00 bits per heavy atom. The Hall–Kier alpha value is -3.82. The van der Waals surface area contributed by atoms with E-state index in [1.807, 2.05) is 0 Å². The number of nitrogens with zero attached hydrogens (tertiary/aromatic N) is 2. The van der Waals surface area contributed by atoms with E-state index in [-0.39, 0.29) is 34.6 Å². The van der Waals surface area contributed by atoms with E-state index in [9.17, 15) is 19.2 Å². The molecule has 0 spiro atoms. The van der Waals surface area contributed by atoms with Crippen LogP contribution in [0.3, 0.4) is 0 Å². The molecule has 10 heteroatoms. The topological polar surface area (TPSA) is 142 Å². The van der Waals surface area contributed by atoms with Gasteiger partial charge in [-0.25, -0.2) is 9.97 Å². The molecule has 2 heterocycles. The highest BCUT2D eigenvalue weighted by atomic mass is 16.2. The molecular formula is C19H22N6O4. The standard InChI is InChI=1S/C19H22N6O4/c1-20-16(26)12-6-3-8-14(24-12)18(28)22-10-5-11-23-19(29)15-9-4-7-13(25-15)17(27)21-2/h3-4,6-9H,5,10-11H2,1-2H3,(H,20,26)(H,21,27)(H,22,28)(H,23,29). The summed E-state index contributed by atoms with van der Waals surface area (Å²) in [5, 5.41) is 10.2. The monoisotopic (exact) mass is 398 g/mol. The summed E-state index contributed by atoms with van der Waals surface area (Å²) in [6.45, 7) is 0.605. The van der Waals surface area contributed by atoms with Crippen LogP contribution in [0.2, 0.25) is 0 Å². The molecule has 0 aliphatic rings. The van der Waals surface area contributed by atoms with Gasteiger partial charge in [-0.1, -0.05) is 12.1 Å². The van der Waals surface area contributed by atoms with Crippen LogP contribution in [-0.4, -0.2) is 60.8 Å². The van der Waals surface area contributed by atoms with Crippen LogP contribution in [0.4, 0.5) is 0 Å². The first-order valence-electron chi connectivity index (χ1n) is 8.91. The number of amides is 4. The van der Waals surface area contributed by atoms with Crippen LogP contribution in [0.25, 0.3) is 0 Å². The van der Waals surface area contributed by atoms with Gasteiger partial charge in [-0.3, -0.25) is 19.2 Å². The average Bonchev–Trinajstić information content (AvgIpc) is 2.77. The SMILES string of the molecule is CNC(=O)c1cccc(C(=O)NCCCNC(=O)c2cccc(C(=O)NC)n2)n1. The van der Waals surface area contributed by atoms with Crippen molar-refractivity contribution in [2.24, 2.45) is 0 Å². The van der Waals surface area contributed by atoms with Crippen molar-refractivity contribution in [1.29, 1.82) is 0 Å². The van der Waals surface area contributed by atoms with Gasteiger partial charge < -0.3 is 21.3 Å². The second kappa shape index (κ2) is 10.5. The van der Waals surface area contributed by atoms with E-state index in [1.165, 1.54) is 38.4 Å². The van der Waals surface area contributed by atoms with Crippen molar-refractivity contribution in [3.63, 3.8) is 0 Å². The summed E-state index contributed by atoms with van der Waals surface area (Å²) in [6, 6.07) is 9.19. The molecule has 0 atom stereocenters. The van der Waals surface area contributed by atoms with Gasteiger partial charge in [-0.15, -0.1) is 0 Å². The molecule has 0 saturated heterocycles. The largest absolute Gasteiger partial charge is 0.354 e. The van der Waals surface area contributed by atoms with Crippen LogP contribution >= 0.6 is 0 Å². The molecule has 152 valence electrons. The van der Waals surface area contributed by atoms with Gasteiger partial charge in [0.15, 0.2) is 0 Å². The molecule has 0 aromatic carbocycles. The number of nitrogens with one attached hydrogen (secondary N) is 4. The zero-order chi connectivity index (χ0) is 21.2. The summed E-state index contributed by atoms with van der Waals surface area (Å²) in [4.78, 5) is 55.4. The first-order valence-corrected chi connectivity index (χ1v) is 8.91. The number of carbonyl (C=O) groups is 4. The Balaban J connectivity index is 1.78. The molecule has 4 N–H and O–H groups in total. The summed E-state index contributed by atoms with van der Waals surface area (Å²) in [6.07, 6.45) is 0.474. The van der Waals surface area contributed by atoms with Crippen molar-refractivity contribution >= 4 is 23.6 Å². The second-order valence-corrected chi connectivity index (χ2v) is 5.84. The summed E-state index contributed by atoms with van der Waals surface area (Å²) in [7, 11) is 2.96. The lowest BCUT2D eigenvalue weighted by Gasteiger charge is -2.08. The maximum atomic E-state index is 12.1. The Morgan fingerprint density at radius 3 is 1.34 bits per heavy atom. The van der Waals surface area contributed by atoms with Crippen LogP contribution in [0.5, 0.6) is 0 Å². The molecule has 0 saturated carbocycles. The molecule has 0 unspecified atom stereocenters. The maximum absolute atomic E-state index is 12.1. The minimum Gasteiger partial charge on any atom is -0.354 e. The van der Waals surface area contributed by atoms with Crippen LogP contribution in [-0.2, 0) is 0 Å². The highest BCUT2D eigenvalue weighted by Crippen LogP contribution is 2.01. The van der Waals surface area contributed by atoms with Gasteiger partial charge in [0.2, 0.25) is 0 Å². The van der Waals surface area contributed by atoms with Gasteiger partial charge in [0.1, 0.15) is 22.8 Å². The highest BCUT2D eigenvalue weighted by molar-refractivity contribution is 5.97. The Morgan fingerprint density at radius 1 is 0.655 bits per heavy atom. The Bertz CT molecular complexity index is 842. The Kier molecular flexibility index (Phi) is 7.78. The molecule has 10 nitrogen and oxygen atoms in total. The highest BCUT2D eigenvalue weighted by Gasteiger charge is 2.12. The predicted molar refractivity (Wildman–Crippen MR) is 105 cm³/mol. The summed E-state index contributed by atoms with van der Waals surface area (Å²) >= 11 is 0. The third-order valence-electron chi connectivity index (χ3n) is 3.81. The first kappa shape index (κ1) is 21.5. The molecule has 0 aliphatic heterocycles. The molecule has 29 heavy (non-hydrogen) atoms. The van der Waals surface area contributed by atoms with Crippen LogP contribution in [0.15, 0.2) is 36.4 Å². The van der Waals surface area contributed by atoms with E-state index in [0.717, 1.165) is 0 Å². The zero-order valence-corrected chi connectivity index (χ0v) is 16.1. The minimum absolute atomic E-state index is 0.130. The normalized spacial score (nSPS) is 10.0. The number of aromatic nitrogens is 2. The number of pyridine rings is 2. The molecular weight excluding hydrogens is 376 g/mol. The van der Waals surface area contributed by atoms with Crippen LogP contribution in [0.1, 0.15) is 48.4 Å². The number of hydrogen-bond donors (Lipinski definition) is 4. The van der Waals surface area contributed by atoms with Gasteiger partial charge in [0.25, 0.3) is 23.6 Å². The number of hydrogen-bond acceptors (Lipinski definition) is 6. The number of rotatable bonds is 8. The molecule has 0 radical (unpaired) electrons. The van der Waals surface area contributed by atoms with Crippen molar-refractivity contribution in [3.05, 3.63) is 59.2 Å². The third-order valence-corrected chi connectivity index (χ3v) is 3.81. The Labute approximate surface area is 167 Å². The zero-order valence-electron chi connectivity index (χ0n) is 16.1. The van der Waals surface area contributed by atoms with E-state index in [1.54, 1.807) is 12.1 Å². The summed E-state index contributed by atoms with van der Waals surface area (Å²) in [5.41, 5.74) is 0.563. The van der Waals surface area contributed by atoms with Crippen molar-refractivity contribution in [2.45, 2.75) is 6.42 Å². The van der Waals surface area contributed by atoms with E-state index < -0.39 is 11.8 Å². The molecule has 2 rings (SSSR count). The average molecular weight is 398 g/mol. The van der Waals surface area contributed by atoms with Crippen LogP contribution in [0, 0.1) is 0 Å². The van der Waals surface area contributed by atoms with E-state index in [0.29, 0.717) is 19.5 Å². The van der Waals surface area contributed by atoms with E-state index in [4.69, 9.17) is 0 Å². The fourth-order valence-corrected chi connectivity index (χ4v) is 2.30. The first-order chi connectivity index (χ1) is 14.0. The predicted octanol–water partition coefficient (Wildman–Crippen LogP) is -0.254. The van der Waals surface area contributed by atoms with Gasteiger partial charge in [0.05, 0.1) is 0 Å². The van der Waals surface area contributed by atoms with E-state index in [2.05, 4.69) is 31.2 Å². The van der Waals surface area contributed by atoms with Gasteiger partial charge >= 0.3 is 0 Å². The van der Waals surface area contributed by atoms with E-state index >= 15 is 0 Å². The molecule has 2 aromatic rings. The molecule has 0 bridgehead atoms. The quantitative estimate of drug-likeness (QED) is 0.452. The van der Waals surface area contributed by atoms with Crippen molar-refractivity contribution < 1.29 is 19.2 Å². The van der Waals surface area contributed by atoms with Crippen molar-refractivity contribution in [3.8, 4) is 0 Å². The second-order valence-electron chi connectivity index (χ2n) is 5.84. The summed E-state index contributed by atoms with van der Waals surface area (Å²) in [5.74, 6) is -1.59. The molecule has 4 amide bonds. The van der Waals surface area contributed by atoms with Gasteiger partial charge in [-0.05, 0) is 30.7 Å².